The molecule has 1 N–H and O–H groups in total. The number of nitrogens with one attached hydrogen (secondary N) is 1. The smallest absolute Gasteiger partial charge is 0.239 e. The van der Waals surface area contributed by atoms with E-state index < -0.39 is 0 Å². The van der Waals surface area contributed by atoms with Crippen molar-refractivity contribution in [1.82, 2.24) is 10.2 Å². The van der Waals surface area contributed by atoms with Crippen molar-refractivity contribution in [2.45, 2.75) is 37.0 Å². The summed E-state index contributed by atoms with van der Waals surface area (Å²) in [4.78, 5) is 14.0. The van der Waals surface area contributed by atoms with Gasteiger partial charge in [0.25, 0.3) is 0 Å². The summed E-state index contributed by atoms with van der Waals surface area (Å²) in [5.41, 5.74) is 0. The number of carbonyl (C=O) groups excluding carboxylic acids is 1. The Hall–Kier alpha value is -0.220. The summed E-state index contributed by atoms with van der Waals surface area (Å²) in [6.45, 7) is 4.17. The van der Waals surface area contributed by atoms with Crippen molar-refractivity contribution in [2.24, 2.45) is 0 Å². The third-order valence-electron chi connectivity index (χ3n) is 3.47. The maximum atomic E-state index is 11.9. The molecule has 3 nitrogen and oxygen atoms in total. The van der Waals surface area contributed by atoms with E-state index >= 15 is 0 Å². The number of rotatable bonds is 3. The SMILES string of the molecule is CNC1CCN(CC2(C)CCCS2)C1=O. The molecule has 1 amide bonds. The van der Waals surface area contributed by atoms with E-state index in [-0.39, 0.29) is 6.04 Å². The Morgan fingerprint density at radius 1 is 1.67 bits per heavy atom. The predicted molar refractivity (Wildman–Crippen MR) is 64.1 cm³/mol. The van der Waals surface area contributed by atoms with Crippen LogP contribution in [0, 0.1) is 0 Å². The summed E-state index contributed by atoms with van der Waals surface area (Å²) in [6, 6.07) is 0.0694. The zero-order valence-corrected chi connectivity index (χ0v) is 10.4. The lowest BCUT2D eigenvalue weighted by atomic mass is 10.1. The largest absolute Gasteiger partial charge is 0.340 e. The molecule has 86 valence electrons. The first-order valence-corrected chi connectivity index (χ1v) is 6.73. The fraction of sp³-hybridized carbons (Fsp3) is 0.909. The summed E-state index contributed by atoms with van der Waals surface area (Å²) in [5, 5.41) is 3.08. The minimum absolute atomic E-state index is 0.0694. The molecule has 0 saturated carbocycles. The molecule has 0 aromatic rings. The first-order chi connectivity index (χ1) is 7.14. The van der Waals surface area contributed by atoms with Crippen LogP contribution in [0.2, 0.25) is 0 Å². The van der Waals surface area contributed by atoms with E-state index in [1.165, 1.54) is 18.6 Å². The molecular formula is C11H20N2OS. The van der Waals surface area contributed by atoms with Crippen molar-refractivity contribution in [3.63, 3.8) is 0 Å². The van der Waals surface area contributed by atoms with Crippen LogP contribution in [0.3, 0.4) is 0 Å². The van der Waals surface area contributed by atoms with Gasteiger partial charge in [-0.2, -0.15) is 11.8 Å². The highest BCUT2D eigenvalue weighted by atomic mass is 32.2. The second-order valence-electron chi connectivity index (χ2n) is 4.79. The number of hydrogen-bond donors (Lipinski definition) is 1. The monoisotopic (exact) mass is 228 g/mol. The molecule has 0 bridgehead atoms. The zero-order valence-electron chi connectivity index (χ0n) is 9.58. The van der Waals surface area contributed by atoms with Crippen molar-refractivity contribution >= 4 is 17.7 Å². The van der Waals surface area contributed by atoms with E-state index in [1.807, 2.05) is 23.7 Å². The molecule has 2 saturated heterocycles. The van der Waals surface area contributed by atoms with Gasteiger partial charge in [0.1, 0.15) is 0 Å². The van der Waals surface area contributed by atoms with Gasteiger partial charge in [0, 0.05) is 17.8 Å². The molecule has 2 heterocycles. The fourth-order valence-corrected chi connectivity index (χ4v) is 3.85. The second kappa shape index (κ2) is 4.34. The number of hydrogen-bond acceptors (Lipinski definition) is 3. The van der Waals surface area contributed by atoms with Gasteiger partial charge in [0.05, 0.1) is 6.04 Å². The standard InChI is InChI=1S/C11H20N2OS/c1-11(5-3-7-15-11)8-13-6-4-9(12-2)10(13)14/h9,12H,3-8H2,1-2H3. The molecule has 0 aromatic carbocycles. The van der Waals surface area contributed by atoms with E-state index in [9.17, 15) is 4.79 Å². The minimum atomic E-state index is 0.0694. The van der Waals surface area contributed by atoms with Crippen molar-refractivity contribution in [1.29, 1.82) is 0 Å². The fourth-order valence-electron chi connectivity index (χ4n) is 2.53. The predicted octanol–water partition coefficient (Wildman–Crippen LogP) is 1.09. The van der Waals surface area contributed by atoms with Crippen LogP contribution >= 0.6 is 11.8 Å². The third-order valence-corrected chi connectivity index (χ3v) is 4.99. The molecule has 2 atom stereocenters. The second-order valence-corrected chi connectivity index (χ2v) is 6.47. The topological polar surface area (TPSA) is 32.3 Å². The van der Waals surface area contributed by atoms with E-state index in [0.29, 0.717) is 10.7 Å². The van der Waals surface area contributed by atoms with Gasteiger partial charge in [0.2, 0.25) is 5.91 Å². The maximum absolute atomic E-state index is 11.9. The lowest BCUT2D eigenvalue weighted by Crippen LogP contribution is -2.42. The van der Waals surface area contributed by atoms with E-state index in [2.05, 4.69) is 12.2 Å². The van der Waals surface area contributed by atoms with Gasteiger partial charge in [-0.15, -0.1) is 0 Å². The summed E-state index contributed by atoms with van der Waals surface area (Å²) in [5.74, 6) is 1.56. The molecule has 0 aliphatic carbocycles. The summed E-state index contributed by atoms with van der Waals surface area (Å²) in [7, 11) is 1.87. The molecule has 2 unspecified atom stereocenters. The number of likely N-dealkylation sites (N-methyl/N-ethyl adjacent to an activating group) is 1. The maximum Gasteiger partial charge on any atom is 0.239 e. The molecule has 2 aliphatic rings. The first kappa shape index (κ1) is 11.3. The number of thioether (sulfide) groups is 1. The number of amides is 1. The molecule has 2 aliphatic heterocycles. The lowest BCUT2D eigenvalue weighted by molar-refractivity contribution is -0.129. The van der Waals surface area contributed by atoms with E-state index in [1.54, 1.807) is 0 Å². The van der Waals surface area contributed by atoms with E-state index in [0.717, 1.165) is 19.5 Å². The van der Waals surface area contributed by atoms with Crippen LogP contribution in [0.15, 0.2) is 0 Å². The Morgan fingerprint density at radius 3 is 3.00 bits per heavy atom. The zero-order chi connectivity index (χ0) is 10.9. The highest BCUT2D eigenvalue weighted by Gasteiger charge is 2.37. The van der Waals surface area contributed by atoms with Gasteiger partial charge in [-0.3, -0.25) is 4.79 Å². The van der Waals surface area contributed by atoms with E-state index in [4.69, 9.17) is 0 Å². The molecule has 2 fully saturated rings. The molecule has 0 spiro atoms. The van der Waals surface area contributed by atoms with Crippen molar-refractivity contribution < 1.29 is 4.79 Å². The quantitative estimate of drug-likeness (QED) is 0.785. The van der Waals surface area contributed by atoms with Crippen LogP contribution in [0.1, 0.15) is 26.2 Å². The first-order valence-electron chi connectivity index (χ1n) is 5.75. The van der Waals surface area contributed by atoms with Gasteiger partial charge in [-0.1, -0.05) is 0 Å². The third kappa shape index (κ3) is 2.31. The van der Waals surface area contributed by atoms with Crippen LogP contribution in [0.25, 0.3) is 0 Å². The highest BCUT2D eigenvalue weighted by Crippen LogP contribution is 2.38. The Kier molecular flexibility index (Phi) is 3.26. The van der Waals surface area contributed by atoms with Crippen LogP contribution < -0.4 is 5.32 Å². The Balaban J connectivity index is 1.93. The molecular weight excluding hydrogens is 208 g/mol. The molecule has 2 rings (SSSR count). The summed E-state index contributed by atoms with van der Waals surface area (Å²) >= 11 is 2.03. The van der Waals surface area contributed by atoms with Crippen LogP contribution in [0.5, 0.6) is 0 Å². The Bertz CT molecular complexity index is 251. The van der Waals surface area contributed by atoms with Gasteiger partial charge in [-0.25, -0.2) is 0 Å². The molecule has 0 radical (unpaired) electrons. The van der Waals surface area contributed by atoms with Crippen LogP contribution in [-0.4, -0.2) is 47.5 Å². The lowest BCUT2D eigenvalue weighted by Gasteiger charge is -2.29. The van der Waals surface area contributed by atoms with Crippen LogP contribution in [-0.2, 0) is 4.79 Å². The Labute approximate surface area is 96.0 Å². The number of nitrogens with zero attached hydrogens (tertiary/aromatic N) is 1. The number of likely N-dealkylation sites (tertiary alicyclic amines) is 1. The average molecular weight is 228 g/mol. The number of carbonyl (C=O) groups is 1. The van der Waals surface area contributed by atoms with Crippen LogP contribution in [0.4, 0.5) is 0 Å². The van der Waals surface area contributed by atoms with Crippen molar-refractivity contribution in [2.75, 3.05) is 25.9 Å². The molecule has 4 heteroatoms. The summed E-state index contributed by atoms with van der Waals surface area (Å²) in [6.07, 6.45) is 3.53. The van der Waals surface area contributed by atoms with Gasteiger partial charge >= 0.3 is 0 Å². The Morgan fingerprint density at radius 2 is 2.47 bits per heavy atom. The normalized spacial score (nSPS) is 36.5. The highest BCUT2D eigenvalue weighted by molar-refractivity contribution is 8.00. The van der Waals surface area contributed by atoms with Crippen molar-refractivity contribution in [3.8, 4) is 0 Å². The summed E-state index contributed by atoms with van der Waals surface area (Å²) < 4.78 is 0.318. The molecule has 0 aromatic heterocycles. The minimum Gasteiger partial charge on any atom is -0.340 e. The molecule has 15 heavy (non-hydrogen) atoms. The average Bonchev–Trinajstić information content (AvgIpc) is 2.76. The van der Waals surface area contributed by atoms with Gasteiger partial charge in [0.15, 0.2) is 0 Å². The van der Waals surface area contributed by atoms with Gasteiger partial charge in [-0.05, 0) is 39.0 Å². The van der Waals surface area contributed by atoms with Gasteiger partial charge < -0.3 is 10.2 Å². The van der Waals surface area contributed by atoms with Crippen molar-refractivity contribution in [3.05, 3.63) is 0 Å².